The normalized spacial score (nSPS) is 16.6. The number of morpholine rings is 1. The van der Waals surface area contributed by atoms with Crippen molar-refractivity contribution in [2.24, 2.45) is 5.73 Å². The molecular formula is C12H20N4O. The van der Waals surface area contributed by atoms with Crippen LogP contribution in [0.2, 0.25) is 0 Å². The van der Waals surface area contributed by atoms with Crippen molar-refractivity contribution in [1.82, 2.24) is 9.97 Å². The molecular weight excluding hydrogens is 216 g/mol. The van der Waals surface area contributed by atoms with Crippen molar-refractivity contribution in [3.63, 3.8) is 0 Å². The van der Waals surface area contributed by atoms with E-state index in [9.17, 15) is 0 Å². The van der Waals surface area contributed by atoms with Gasteiger partial charge in [0.25, 0.3) is 0 Å². The zero-order chi connectivity index (χ0) is 12.3. The maximum absolute atomic E-state index is 5.78. The van der Waals surface area contributed by atoms with Gasteiger partial charge in [0.1, 0.15) is 5.82 Å². The minimum atomic E-state index is 0.332. The third-order valence-electron chi connectivity index (χ3n) is 2.93. The molecule has 0 atom stereocenters. The van der Waals surface area contributed by atoms with Crippen LogP contribution in [0, 0.1) is 0 Å². The number of anilines is 1. The smallest absolute Gasteiger partial charge is 0.131 e. The summed E-state index contributed by atoms with van der Waals surface area (Å²) in [6.45, 7) is 7.92. The van der Waals surface area contributed by atoms with Crippen LogP contribution in [-0.4, -0.2) is 36.3 Å². The summed E-state index contributed by atoms with van der Waals surface area (Å²) in [4.78, 5) is 11.2. The molecule has 0 radical (unpaired) electrons. The lowest BCUT2D eigenvalue weighted by Gasteiger charge is -2.29. The van der Waals surface area contributed by atoms with Crippen LogP contribution in [0.1, 0.15) is 31.3 Å². The van der Waals surface area contributed by atoms with Gasteiger partial charge in [-0.1, -0.05) is 13.8 Å². The molecule has 1 fully saturated rings. The minimum absolute atomic E-state index is 0.332. The number of nitrogens with zero attached hydrogens (tertiary/aromatic N) is 3. The van der Waals surface area contributed by atoms with Crippen LogP contribution >= 0.6 is 0 Å². The Morgan fingerprint density at radius 3 is 2.71 bits per heavy atom. The van der Waals surface area contributed by atoms with E-state index in [4.69, 9.17) is 10.5 Å². The zero-order valence-corrected chi connectivity index (χ0v) is 10.5. The summed E-state index contributed by atoms with van der Waals surface area (Å²) in [7, 11) is 0. The quantitative estimate of drug-likeness (QED) is 0.844. The molecule has 5 heteroatoms. The van der Waals surface area contributed by atoms with Gasteiger partial charge in [0.2, 0.25) is 0 Å². The van der Waals surface area contributed by atoms with Gasteiger partial charge >= 0.3 is 0 Å². The zero-order valence-electron chi connectivity index (χ0n) is 10.5. The summed E-state index contributed by atoms with van der Waals surface area (Å²) in [5, 5.41) is 0. The van der Waals surface area contributed by atoms with E-state index in [1.807, 2.05) is 6.20 Å². The van der Waals surface area contributed by atoms with E-state index in [-0.39, 0.29) is 0 Å². The second-order valence-corrected chi connectivity index (χ2v) is 4.52. The van der Waals surface area contributed by atoms with Gasteiger partial charge in [-0.05, 0) is 0 Å². The first-order valence-electron chi connectivity index (χ1n) is 6.11. The summed E-state index contributed by atoms with van der Waals surface area (Å²) < 4.78 is 5.34. The lowest BCUT2D eigenvalue weighted by Crippen LogP contribution is -2.37. The van der Waals surface area contributed by atoms with Crippen LogP contribution in [0.4, 0.5) is 5.69 Å². The Labute approximate surface area is 102 Å². The van der Waals surface area contributed by atoms with E-state index in [1.165, 1.54) is 0 Å². The highest BCUT2D eigenvalue weighted by Crippen LogP contribution is 2.20. The third-order valence-corrected chi connectivity index (χ3v) is 2.93. The number of ether oxygens (including phenoxy) is 1. The SMILES string of the molecule is CC(C)c1ncc(N2CCOCC2)c(CN)n1. The molecule has 0 saturated carbocycles. The lowest BCUT2D eigenvalue weighted by molar-refractivity contribution is 0.122. The summed E-state index contributed by atoms with van der Waals surface area (Å²) in [6.07, 6.45) is 1.90. The van der Waals surface area contributed by atoms with E-state index >= 15 is 0 Å². The number of rotatable bonds is 3. The van der Waals surface area contributed by atoms with Crippen molar-refractivity contribution in [1.29, 1.82) is 0 Å². The van der Waals surface area contributed by atoms with Crippen LogP contribution in [0.25, 0.3) is 0 Å². The molecule has 0 aliphatic carbocycles. The van der Waals surface area contributed by atoms with Crippen molar-refractivity contribution in [3.8, 4) is 0 Å². The summed E-state index contributed by atoms with van der Waals surface area (Å²) in [5.74, 6) is 1.20. The molecule has 0 amide bonds. The minimum Gasteiger partial charge on any atom is -0.378 e. The van der Waals surface area contributed by atoms with Gasteiger partial charge in [-0.15, -0.1) is 0 Å². The summed E-state index contributed by atoms with van der Waals surface area (Å²) >= 11 is 0. The average molecular weight is 236 g/mol. The highest BCUT2D eigenvalue weighted by atomic mass is 16.5. The van der Waals surface area contributed by atoms with E-state index < -0.39 is 0 Å². The Morgan fingerprint density at radius 1 is 1.41 bits per heavy atom. The van der Waals surface area contributed by atoms with Crippen LogP contribution in [0.5, 0.6) is 0 Å². The van der Waals surface area contributed by atoms with Gasteiger partial charge in [0.15, 0.2) is 0 Å². The molecule has 5 nitrogen and oxygen atoms in total. The highest BCUT2D eigenvalue weighted by molar-refractivity contribution is 5.49. The molecule has 2 rings (SSSR count). The second-order valence-electron chi connectivity index (χ2n) is 4.52. The topological polar surface area (TPSA) is 64.3 Å². The molecule has 0 bridgehead atoms. The van der Waals surface area contributed by atoms with Crippen LogP contribution in [-0.2, 0) is 11.3 Å². The predicted octanol–water partition coefficient (Wildman–Crippen LogP) is 0.895. The fourth-order valence-electron chi connectivity index (χ4n) is 1.92. The number of nitrogens with two attached hydrogens (primary N) is 1. The Hall–Kier alpha value is -1.20. The summed E-state index contributed by atoms with van der Waals surface area (Å²) in [6, 6.07) is 0. The standard InChI is InChI=1S/C12H20N4O/c1-9(2)12-14-8-11(10(7-13)15-12)16-3-5-17-6-4-16/h8-9H,3-7,13H2,1-2H3. The predicted molar refractivity (Wildman–Crippen MR) is 67.0 cm³/mol. The van der Waals surface area contributed by atoms with E-state index in [0.717, 1.165) is 43.5 Å². The van der Waals surface area contributed by atoms with Crippen molar-refractivity contribution >= 4 is 5.69 Å². The van der Waals surface area contributed by atoms with Gasteiger partial charge in [-0.25, -0.2) is 9.97 Å². The molecule has 2 heterocycles. The fourth-order valence-corrected chi connectivity index (χ4v) is 1.92. The van der Waals surface area contributed by atoms with Crippen molar-refractivity contribution in [2.45, 2.75) is 26.3 Å². The van der Waals surface area contributed by atoms with Crippen LogP contribution in [0.3, 0.4) is 0 Å². The summed E-state index contributed by atoms with van der Waals surface area (Å²) in [5.41, 5.74) is 7.77. The monoisotopic (exact) mass is 236 g/mol. The Bertz CT molecular complexity index is 375. The molecule has 0 unspecified atom stereocenters. The lowest BCUT2D eigenvalue weighted by atomic mass is 10.2. The number of aromatic nitrogens is 2. The molecule has 0 spiro atoms. The Kier molecular flexibility index (Phi) is 3.91. The highest BCUT2D eigenvalue weighted by Gasteiger charge is 2.16. The molecule has 0 aromatic carbocycles. The van der Waals surface area contributed by atoms with Crippen LogP contribution < -0.4 is 10.6 Å². The van der Waals surface area contributed by atoms with Gasteiger partial charge < -0.3 is 15.4 Å². The van der Waals surface area contributed by atoms with Crippen molar-refractivity contribution < 1.29 is 4.74 Å². The number of hydrogen-bond acceptors (Lipinski definition) is 5. The molecule has 1 aliphatic heterocycles. The van der Waals surface area contributed by atoms with Gasteiger partial charge in [0, 0.05) is 25.6 Å². The molecule has 1 aliphatic rings. The van der Waals surface area contributed by atoms with E-state index in [2.05, 4.69) is 28.7 Å². The molecule has 1 saturated heterocycles. The van der Waals surface area contributed by atoms with E-state index in [0.29, 0.717) is 12.5 Å². The average Bonchev–Trinajstić information content (AvgIpc) is 2.39. The van der Waals surface area contributed by atoms with Crippen LogP contribution in [0.15, 0.2) is 6.20 Å². The second kappa shape index (κ2) is 5.42. The van der Waals surface area contributed by atoms with Crippen molar-refractivity contribution in [3.05, 3.63) is 17.7 Å². The Morgan fingerprint density at radius 2 is 2.12 bits per heavy atom. The first-order valence-corrected chi connectivity index (χ1v) is 6.11. The molecule has 2 N–H and O–H groups in total. The number of hydrogen-bond donors (Lipinski definition) is 1. The van der Waals surface area contributed by atoms with Gasteiger partial charge in [-0.3, -0.25) is 0 Å². The molecule has 94 valence electrons. The fraction of sp³-hybridized carbons (Fsp3) is 0.667. The third kappa shape index (κ3) is 2.73. The maximum atomic E-state index is 5.78. The maximum Gasteiger partial charge on any atom is 0.131 e. The largest absolute Gasteiger partial charge is 0.378 e. The molecule has 1 aromatic rings. The van der Waals surface area contributed by atoms with Gasteiger partial charge in [0.05, 0.1) is 30.8 Å². The first kappa shape index (κ1) is 12.3. The first-order chi connectivity index (χ1) is 8.22. The Balaban J connectivity index is 2.26. The van der Waals surface area contributed by atoms with Crippen molar-refractivity contribution in [2.75, 3.05) is 31.2 Å². The molecule has 17 heavy (non-hydrogen) atoms. The molecule has 1 aromatic heterocycles. The van der Waals surface area contributed by atoms with Gasteiger partial charge in [-0.2, -0.15) is 0 Å². The van der Waals surface area contributed by atoms with E-state index in [1.54, 1.807) is 0 Å².